The van der Waals surface area contributed by atoms with E-state index in [0.717, 1.165) is 55.9 Å². The molecule has 2 heterocycles. The first-order chi connectivity index (χ1) is 31.2. The molecule has 0 atom stereocenters. The molecule has 0 saturated carbocycles. The molecule has 6 aromatic carbocycles. The largest absolute Gasteiger partial charge is 0.516 e. The number of hydrogen-bond donors (Lipinski definition) is 1. The van der Waals surface area contributed by atoms with Gasteiger partial charge >= 0.3 is 0 Å². The molecule has 8 aromatic rings. The SMILES string of the molecule is [CH2-]N(c1[c-]c(Oc2[c-]c3c(cc2)c2ccc(-c4ccc(C(C)(C)C)cc4)cc2n3-c2cc(C(C)(C)C)ccn2)ccc1)c1ccc(C(C)(C)C)cc1Nc1cc(C(C)(C)C)cc(C(C)(C)C)c1.[Pt]. The fourth-order valence-electron chi connectivity index (χ4n) is 8.53. The Balaban J connectivity index is 0.00000684. The maximum Gasteiger partial charge on any atom is 0.135 e. The predicted octanol–water partition coefficient (Wildman–Crippen LogP) is 17.4. The van der Waals surface area contributed by atoms with Gasteiger partial charge in [0.1, 0.15) is 5.82 Å². The summed E-state index contributed by atoms with van der Waals surface area (Å²) in [6.07, 6.45) is 1.91. The standard InChI is InChI=1S/C62H69N4O.Pt/c1-58(2,3)42-23-20-40(21-24-42)41-22-27-51-52-28-26-50(39-56(52)66(55(51)32-41)57-37-44(30-31-63-57)60(7,8)9)67-49-19-17-18-48(38-49)65(16)54-29-25-43(59(4,5)6)36-53(54)64-47-34-45(61(10,11)12)33-46(35-47)62(13,14)15;/h17-37,64H,16H2,1-15H3;/q-3;. The van der Waals surface area contributed by atoms with Crippen LogP contribution in [0, 0.1) is 19.2 Å². The Morgan fingerprint density at radius 1 is 0.529 bits per heavy atom. The van der Waals surface area contributed by atoms with E-state index in [2.05, 4.69) is 230 Å². The summed E-state index contributed by atoms with van der Waals surface area (Å²) in [5.74, 6) is 1.98. The zero-order chi connectivity index (χ0) is 48.4. The number of pyridine rings is 1. The molecule has 0 aliphatic rings. The van der Waals surface area contributed by atoms with Gasteiger partial charge in [0.05, 0.1) is 5.69 Å². The number of benzene rings is 6. The van der Waals surface area contributed by atoms with Gasteiger partial charge in [-0.3, -0.25) is 7.05 Å². The third-order valence-corrected chi connectivity index (χ3v) is 12.9. The number of nitrogens with one attached hydrogen (secondary N) is 1. The van der Waals surface area contributed by atoms with E-state index in [9.17, 15) is 0 Å². The van der Waals surface area contributed by atoms with Crippen molar-refractivity contribution in [2.45, 2.75) is 131 Å². The summed E-state index contributed by atoms with van der Waals surface area (Å²) in [6.45, 7) is 33.8. The molecule has 356 valence electrons. The fourth-order valence-corrected chi connectivity index (χ4v) is 8.53. The summed E-state index contributed by atoms with van der Waals surface area (Å²) in [7, 11) is 4.60. The first kappa shape index (κ1) is 50.2. The molecule has 0 aliphatic carbocycles. The van der Waals surface area contributed by atoms with Gasteiger partial charge in [-0.05, 0) is 114 Å². The molecule has 5 nitrogen and oxygen atoms in total. The number of aromatic nitrogens is 2. The van der Waals surface area contributed by atoms with Crippen molar-refractivity contribution in [2.75, 3.05) is 10.2 Å². The summed E-state index contributed by atoms with van der Waals surface area (Å²) >= 11 is 0. The van der Waals surface area contributed by atoms with Crippen molar-refractivity contribution in [3.05, 3.63) is 175 Å². The number of anilines is 4. The van der Waals surface area contributed by atoms with Crippen LogP contribution in [0.4, 0.5) is 22.7 Å². The van der Waals surface area contributed by atoms with Crippen LogP contribution in [0.3, 0.4) is 0 Å². The first-order valence-corrected chi connectivity index (χ1v) is 23.7. The average molecular weight is 1080 g/mol. The molecule has 2 aromatic heterocycles. The molecule has 0 unspecified atom stereocenters. The van der Waals surface area contributed by atoms with Crippen LogP contribution in [0.2, 0.25) is 0 Å². The number of rotatable bonds is 8. The maximum atomic E-state index is 6.67. The number of fused-ring (bicyclic) bond motifs is 3. The van der Waals surface area contributed by atoms with Crippen LogP contribution in [0.25, 0.3) is 38.8 Å². The molecule has 0 radical (unpaired) electrons. The van der Waals surface area contributed by atoms with Crippen LogP contribution in [0.5, 0.6) is 11.5 Å². The van der Waals surface area contributed by atoms with E-state index < -0.39 is 0 Å². The quantitative estimate of drug-likeness (QED) is 0.154. The molecular weight excluding hydrogens is 1010 g/mol. The number of ether oxygens (including phenoxy) is 1. The van der Waals surface area contributed by atoms with Crippen molar-refractivity contribution in [2.24, 2.45) is 0 Å². The van der Waals surface area contributed by atoms with Crippen LogP contribution in [0.15, 0.2) is 128 Å². The molecule has 1 N–H and O–H groups in total. The molecular formula is C62H69N4OPt-3. The third kappa shape index (κ3) is 10.6. The Labute approximate surface area is 421 Å². The Morgan fingerprint density at radius 2 is 1.09 bits per heavy atom. The third-order valence-electron chi connectivity index (χ3n) is 12.9. The Morgan fingerprint density at radius 3 is 1.71 bits per heavy atom. The van der Waals surface area contributed by atoms with Crippen LogP contribution < -0.4 is 15.0 Å². The molecule has 0 bridgehead atoms. The second-order valence-corrected chi connectivity index (χ2v) is 23.5. The summed E-state index contributed by atoms with van der Waals surface area (Å²) in [6, 6.07) is 50.8. The number of nitrogens with zero attached hydrogens (tertiary/aromatic N) is 3. The van der Waals surface area contributed by atoms with Gasteiger partial charge in [-0.25, -0.2) is 4.98 Å². The predicted molar refractivity (Wildman–Crippen MR) is 285 cm³/mol. The van der Waals surface area contributed by atoms with Gasteiger partial charge < -0.3 is 19.5 Å². The van der Waals surface area contributed by atoms with Gasteiger partial charge in [0.25, 0.3) is 0 Å². The van der Waals surface area contributed by atoms with Crippen molar-refractivity contribution in [1.82, 2.24) is 9.55 Å². The van der Waals surface area contributed by atoms with Gasteiger partial charge in [0.2, 0.25) is 0 Å². The second kappa shape index (κ2) is 18.4. The van der Waals surface area contributed by atoms with Crippen molar-refractivity contribution < 1.29 is 25.8 Å². The molecule has 0 saturated heterocycles. The van der Waals surface area contributed by atoms with Gasteiger partial charge in [-0.15, -0.1) is 41.4 Å². The summed E-state index contributed by atoms with van der Waals surface area (Å²) in [5, 5.41) is 6.05. The molecule has 0 aliphatic heterocycles. The van der Waals surface area contributed by atoms with E-state index in [1.54, 1.807) is 0 Å². The minimum atomic E-state index is -0.0597. The number of hydrogen-bond acceptors (Lipinski definition) is 4. The van der Waals surface area contributed by atoms with Gasteiger partial charge in [0, 0.05) is 55.7 Å². The van der Waals surface area contributed by atoms with Crippen molar-refractivity contribution in [3.8, 4) is 28.4 Å². The minimum Gasteiger partial charge on any atom is -0.516 e. The Bertz CT molecular complexity index is 3070. The van der Waals surface area contributed by atoms with E-state index >= 15 is 0 Å². The summed E-state index contributed by atoms with van der Waals surface area (Å²) in [4.78, 5) is 6.91. The van der Waals surface area contributed by atoms with E-state index in [1.165, 1.54) is 33.4 Å². The van der Waals surface area contributed by atoms with Gasteiger partial charge in [-0.2, -0.15) is 12.1 Å². The second-order valence-electron chi connectivity index (χ2n) is 23.5. The summed E-state index contributed by atoms with van der Waals surface area (Å²) < 4.78 is 8.91. The van der Waals surface area contributed by atoms with E-state index in [0.29, 0.717) is 11.5 Å². The van der Waals surface area contributed by atoms with Crippen LogP contribution >= 0.6 is 0 Å². The van der Waals surface area contributed by atoms with Crippen LogP contribution in [-0.2, 0) is 48.1 Å². The van der Waals surface area contributed by atoms with Crippen molar-refractivity contribution in [3.63, 3.8) is 0 Å². The van der Waals surface area contributed by atoms with Gasteiger partial charge in [0.15, 0.2) is 0 Å². The molecule has 0 amide bonds. The minimum absolute atomic E-state index is 0. The first-order valence-electron chi connectivity index (χ1n) is 23.7. The zero-order valence-corrected chi connectivity index (χ0v) is 45.2. The smallest absolute Gasteiger partial charge is 0.135 e. The molecule has 6 heteroatoms. The monoisotopic (exact) mass is 1080 g/mol. The fraction of sp³-hybridized carbons (Fsp3) is 0.323. The van der Waals surface area contributed by atoms with Crippen molar-refractivity contribution in [1.29, 1.82) is 0 Å². The van der Waals surface area contributed by atoms with E-state index in [1.807, 2.05) is 35.4 Å². The zero-order valence-electron chi connectivity index (χ0n) is 42.9. The molecule has 0 fully saturated rings. The van der Waals surface area contributed by atoms with Crippen LogP contribution in [-0.4, -0.2) is 9.55 Å². The normalized spacial score (nSPS) is 12.6. The summed E-state index contributed by atoms with van der Waals surface area (Å²) in [5.41, 5.74) is 14.2. The average Bonchev–Trinajstić information content (AvgIpc) is 3.57. The Hall–Kier alpha value is -5.64. The van der Waals surface area contributed by atoms with Crippen LogP contribution in [0.1, 0.15) is 132 Å². The molecule has 8 rings (SSSR count). The topological polar surface area (TPSA) is 42.3 Å². The maximum absolute atomic E-state index is 6.67. The molecule has 0 spiro atoms. The Kier molecular flexibility index (Phi) is 13.6. The van der Waals surface area contributed by atoms with Gasteiger partial charge in [-0.1, -0.05) is 158 Å². The molecule has 68 heavy (non-hydrogen) atoms. The van der Waals surface area contributed by atoms with Crippen molar-refractivity contribution >= 4 is 44.6 Å². The van der Waals surface area contributed by atoms with E-state index in [4.69, 9.17) is 9.72 Å². The van der Waals surface area contributed by atoms with E-state index in [-0.39, 0.29) is 48.1 Å².